The first kappa shape index (κ1) is 17.8. The van der Waals surface area contributed by atoms with E-state index in [0.717, 1.165) is 38.5 Å². The normalized spacial score (nSPS) is 17.0. The molecule has 1 unspecified atom stereocenters. The first-order chi connectivity index (χ1) is 11.1. The highest BCUT2D eigenvalue weighted by atomic mass is 16.5. The summed E-state index contributed by atoms with van der Waals surface area (Å²) in [6.45, 7) is 8.55. The number of hydrogen-bond acceptors (Lipinski definition) is 4. The lowest BCUT2D eigenvalue weighted by atomic mass is 10.0. The Labute approximate surface area is 139 Å². The van der Waals surface area contributed by atoms with E-state index in [1.165, 1.54) is 0 Å². The van der Waals surface area contributed by atoms with Crippen LogP contribution in [-0.4, -0.2) is 56.8 Å². The fraction of sp³-hybridized carbons (Fsp3) is 0.611. The van der Waals surface area contributed by atoms with Gasteiger partial charge in [-0.3, -0.25) is 9.69 Å². The molecular formula is C18H28N2O3. The van der Waals surface area contributed by atoms with E-state index in [9.17, 15) is 4.79 Å². The van der Waals surface area contributed by atoms with E-state index in [0.29, 0.717) is 24.1 Å². The van der Waals surface area contributed by atoms with Crippen molar-refractivity contribution in [2.75, 3.05) is 40.0 Å². The zero-order valence-corrected chi connectivity index (χ0v) is 14.4. The molecule has 0 saturated carbocycles. The first-order valence-electron chi connectivity index (χ1n) is 8.34. The number of carbonyl (C=O) groups is 1. The van der Waals surface area contributed by atoms with Crippen LogP contribution in [0, 0.1) is 5.92 Å². The summed E-state index contributed by atoms with van der Waals surface area (Å²) in [5.41, 5.74) is 0.663. The summed E-state index contributed by atoms with van der Waals surface area (Å²) in [6, 6.07) is 7.56. The smallest absolute Gasteiger partial charge is 0.251 e. The molecule has 1 aromatic carbocycles. The van der Waals surface area contributed by atoms with Crippen molar-refractivity contribution in [1.29, 1.82) is 0 Å². The number of ether oxygens (including phenoxy) is 2. The van der Waals surface area contributed by atoms with E-state index >= 15 is 0 Å². The van der Waals surface area contributed by atoms with Crippen molar-refractivity contribution in [2.45, 2.75) is 26.3 Å². The number of nitrogens with one attached hydrogen (secondary N) is 1. The molecule has 1 aliphatic rings. The summed E-state index contributed by atoms with van der Waals surface area (Å²) in [7, 11) is 1.62. The van der Waals surface area contributed by atoms with Crippen molar-refractivity contribution < 1.29 is 14.3 Å². The lowest BCUT2D eigenvalue weighted by Crippen LogP contribution is -2.49. The second kappa shape index (κ2) is 8.89. The van der Waals surface area contributed by atoms with E-state index in [1.54, 1.807) is 19.2 Å². The summed E-state index contributed by atoms with van der Waals surface area (Å²) in [4.78, 5) is 14.8. The largest absolute Gasteiger partial charge is 0.497 e. The number of nitrogens with zero attached hydrogens (tertiary/aromatic N) is 1. The summed E-state index contributed by atoms with van der Waals surface area (Å²) >= 11 is 0. The van der Waals surface area contributed by atoms with Crippen LogP contribution in [0.3, 0.4) is 0 Å². The van der Waals surface area contributed by atoms with Crippen molar-refractivity contribution in [3.63, 3.8) is 0 Å². The van der Waals surface area contributed by atoms with Gasteiger partial charge in [-0.2, -0.15) is 0 Å². The molecule has 1 atom stereocenters. The first-order valence-corrected chi connectivity index (χ1v) is 8.34. The van der Waals surface area contributed by atoms with Gasteiger partial charge in [0.25, 0.3) is 5.91 Å². The Balaban J connectivity index is 1.91. The summed E-state index contributed by atoms with van der Waals surface area (Å²) < 4.78 is 10.6. The van der Waals surface area contributed by atoms with Crippen LogP contribution >= 0.6 is 0 Å². The summed E-state index contributed by atoms with van der Waals surface area (Å²) in [5.74, 6) is 1.32. The van der Waals surface area contributed by atoms with Crippen LogP contribution in [0.25, 0.3) is 0 Å². The maximum atomic E-state index is 12.3. The monoisotopic (exact) mass is 320 g/mol. The fourth-order valence-electron chi connectivity index (χ4n) is 2.90. The number of amides is 1. The van der Waals surface area contributed by atoms with Crippen LogP contribution in [0.5, 0.6) is 5.75 Å². The molecule has 5 heteroatoms. The van der Waals surface area contributed by atoms with Crippen molar-refractivity contribution in [1.82, 2.24) is 10.2 Å². The lowest BCUT2D eigenvalue weighted by Gasteiger charge is -2.35. The second-order valence-corrected chi connectivity index (χ2v) is 6.37. The maximum Gasteiger partial charge on any atom is 0.251 e. The van der Waals surface area contributed by atoms with E-state index < -0.39 is 0 Å². The molecule has 23 heavy (non-hydrogen) atoms. The lowest BCUT2D eigenvalue weighted by molar-refractivity contribution is 0.0124. The Bertz CT molecular complexity index is 482. The molecule has 0 aromatic heterocycles. The predicted molar refractivity (Wildman–Crippen MR) is 91.0 cm³/mol. The molecule has 1 heterocycles. The van der Waals surface area contributed by atoms with Crippen molar-refractivity contribution in [3.8, 4) is 5.75 Å². The Morgan fingerprint density at radius 3 is 2.48 bits per heavy atom. The quantitative estimate of drug-likeness (QED) is 0.836. The van der Waals surface area contributed by atoms with Gasteiger partial charge >= 0.3 is 0 Å². The highest BCUT2D eigenvalue weighted by Crippen LogP contribution is 2.14. The predicted octanol–water partition coefficient (Wildman–Crippen LogP) is 2.17. The minimum Gasteiger partial charge on any atom is -0.497 e. The molecule has 0 spiro atoms. The van der Waals surface area contributed by atoms with E-state index in [-0.39, 0.29) is 5.91 Å². The molecule has 0 aliphatic carbocycles. The summed E-state index contributed by atoms with van der Waals surface area (Å²) in [5, 5.41) is 3.08. The van der Waals surface area contributed by atoms with Crippen molar-refractivity contribution in [2.24, 2.45) is 5.92 Å². The van der Waals surface area contributed by atoms with Gasteiger partial charge < -0.3 is 14.8 Å². The number of hydrogen-bond donors (Lipinski definition) is 1. The number of methoxy groups -OCH3 is 1. The van der Waals surface area contributed by atoms with Crippen molar-refractivity contribution in [3.05, 3.63) is 29.8 Å². The van der Waals surface area contributed by atoms with Gasteiger partial charge in [0.2, 0.25) is 0 Å². The molecule has 0 radical (unpaired) electrons. The van der Waals surface area contributed by atoms with E-state index in [1.807, 2.05) is 12.1 Å². The van der Waals surface area contributed by atoms with Crippen LogP contribution in [0.1, 0.15) is 30.6 Å². The number of benzene rings is 1. The Morgan fingerprint density at radius 2 is 1.91 bits per heavy atom. The molecule has 2 rings (SSSR count). The van der Waals surface area contributed by atoms with Gasteiger partial charge in [-0.25, -0.2) is 0 Å². The number of rotatable bonds is 7. The van der Waals surface area contributed by atoms with Gasteiger partial charge in [0, 0.05) is 31.2 Å². The topological polar surface area (TPSA) is 50.8 Å². The number of carbonyl (C=O) groups excluding carboxylic acids is 1. The zero-order valence-electron chi connectivity index (χ0n) is 14.4. The SMILES string of the molecule is COc1ccc(C(=O)NCC(CC(C)C)N2CCOCC2)cc1. The van der Waals surface area contributed by atoms with Crippen LogP contribution < -0.4 is 10.1 Å². The van der Waals surface area contributed by atoms with Gasteiger partial charge in [-0.1, -0.05) is 13.8 Å². The molecule has 5 nitrogen and oxygen atoms in total. The Kier molecular flexibility index (Phi) is 6.86. The third-order valence-electron chi connectivity index (χ3n) is 4.16. The zero-order chi connectivity index (χ0) is 16.7. The molecule has 1 aromatic rings. The fourth-order valence-corrected chi connectivity index (χ4v) is 2.90. The standard InChI is InChI=1S/C18H28N2O3/c1-14(2)12-16(20-8-10-23-11-9-20)13-19-18(21)15-4-6-17(22-3)7-5-15/h4-7,14,16H,8-13H2,1-3H3,(H,19,21). The molecule has 1 aliphatic heterocycles. The van der Waals surface area contributed by atoms with Gasteiger partial charge in [0.15, 0.2) is 0 Å². The average Bonchev–Trinajstić information content (AvgIpc) is 2.59. The molecular weight excluding hydrogens is 292 g/mol. The van der Waals surface area contributed by atoms with E-state index in [4.69, 9.17) is 9.47 Å². The Hall–Kier alpha value is -1.59. The molecule has 128 valence electrons. The highest BCUT2D eigenvalue weighted by molar-refractivity contribution is 5.94. The average molecular weight is 320 g/mol. The van der Waals surface area contributed by atoms with Crippen LogP contribution in [0.4, 0.5) is 0 Å². The van der Waals surface area contributed by atoms with Gasteiger partial charge in [-0.05, 0) is 36.6 Å². The summed E-state index contributed by atoms with van der Waals surface area (Å²) in [6.07, 6.45) is 1.07. The minimum absolute atomic E-state index is 0.0327. The van der Waals surface area contributed by atoms with Crippen LogP contribution in [0.15, 0.2) is 24.3 Å². The second-order valence-electron chi connectivity index (χ2n) is 6.37. The molecule has 1 fully saturated rings. The van der Waals surface area contributed by atoms with Crippen molar-refractivity contribution >= 4 is 5.91 Å². The molecule has 1 N–H and O–H groups in total. The van der Waals surface area contributed by atoms with Crippen LogP contribution in [-0.2, 0) is 4.74 Å². The van der Waals surface area contributed by atoms with Gasteiger partial charge in [0.05, 0.1) is 20.3 Å². The third kappa shape index (κ3) is 5.52. The van der Waals surface area contributed by atoms with Crippen LogP contribution in [0.2, 0.25) is 0 Å². The molecule has 1 amide bonds. The molecule has 0 bridgehead atoms. The van der Waals surface area contributed by atoms with Gasteiger partial charge in [0.1, 0.15) is 5.75 Å². The Morgan fingerprint density at radius 1 is 1.26 bits per heavy atom. The highest BCUT2D eigenvalue weighted by Gasteiger charge is 2.22. The van der Waals surface area contributed by atoms with E-state index in [2.05, 4.69) is 24.1 Å². The number of morpholine rings is 1. The minimum atomic E-state index is -0.0327. The third-order valence-corrected chi connectivity index (χ3v) is 4.16. The molecule has 1 saturated heterocycles. The van der Waals surface area contributed by atoms with Gasteiger partial charge in [-0.15, -0.1) is 0 Å². The maximum absolute atomic E-state index is 12.3.